The Balaban J connectivity index is 1.25. The van der Waals surface area contributed by atoms with Gasteiger partial charge in [0, 0.05) is 39.3 Å². The molecule has 2 heterocycles. The predicted molar refractivity (Wildman–Crippen MR) is 128 cm³/mol. The molecule has 5 rings (SSSR count). The van der Waals surface area contributed by atoms with Gasteiger partial charge < -0.3 is 9.80 Å². The zero-order chi connectivity index (χ0) is 22.6. The third-order valence-corrected chi connectivity index (χ3v) is 6.80. The maximum absolute atomic E-state index is 13.0. The number of hydrogen-bond donors (Lipinski definition) is 0. The maximum Gasteiger partial charge on any atom is 0.312 e. The highest BCUT2D eigenvalue weighted by atomic mass is 16.2. The number of rotatable bonds is 3. The van der Waals surface area contributed by atoms with Crippen molar-refractivity contribution in [2.75, 3.05) is 32.7 Å². The molecule has 0 unspecified atom stereocenters. The minimum absolute atomic E-state index is 0.138. The normalized spacial score (nSPS) is 16.5. The van der Waals surface area contributed by atoms with Crippen molar-refractivity contribution < 1.29 is 9.59 Å². The van der Waals surface area contributed by atoms with E-state index in [9.17, 15) is 9.59 Å². The van der Waals surface area contributed by atoms with Gasteiger partial charge in [-0.1, -0.05) is 84.9 Å². The topological polar surface area (TPSA) is 43.9 Å². The van der Waals surface area contributed by atoms with Gasteiger partial charge in [-0.15, -0.1) is 0 Å². The molecule has 0 saturated carbocycles. The van der Waals surface area contributed by atoms with Crippen LogP contribution in [0.15, 0.2) is 84.9 Å². The summed E-state index contributed by atoms with van der Waals surface area (Å²) in [4.78, 5) is 31.9. The van der Waals surface area contributed by atoms with Crippen molar-refractivity contribution in [2.45, 2.75) is 19.0 Å². The van der Waals surface area contributed by atoms with Gasteiger partial charge in [0.15, 0.2) is 0 Å². The number of piperazine rings is 1. The number of hydrogen-bond acceptors (Lipinski definition) is 3. The lowest BCUT2D eigenvalue weighted by Crippen LogP contribution is -2.54. The van der Waals surface area contributed by atoms with E-state index >= 15 is 0 Å². The van der Waals surface area contributed by atoms with Crippen LogP contribution in [-0.4, -0.2) is 59.2 Å². The monoisotopic (exact) mass is 439 g/mol. The second-order valence-electron chi connectivity index (χ2n) is 8.80. The molecule has 3 aromatic carbocycles. The van der Waals surface area contributed by atoms with Crippen LogP contribution in [0.2, 0.25) is 0 Å². The Morgan fingerprint density at radius 2 is 1.09 bits per heavy atom. The zero-order valence-electron chi connectivity index (χ0n) is 18.8. The van der Waals surface area contributed by atoms with Gasteiger partial charge in [0.25, 0.3) is 0 Å². The molecule has 2 aliphatic heterocycles. The average molecular weight is 440 g/mol. The van der Waals surface area contributed by atoms with Gasteiger partial charge in [-0.2, -0.15) is 0 Å². The van der Waals surface area contributed by atoms with Crippen LogP contribution < -0.4 is 0 Å². The summed E-state index contributed by atoms with van der Waals surface area (Å²) in [5.74, 6) is -0.745. The van der Waals surface area contributed by atoms with Crippen LogP contribution >= 0.6 is 0 Å². The Morgan fingerprint density at radius 3 is 1.70 bits per heavy atom. The van der Waals surface area contributed by atoms with E-state index in [2.05, 4.69) is 59.5 Å². The summed E-state index contributed by atoms with van der Waals surface area (Å²) in [6.45, 7) is 3.71. The van der Waals surface area contributed by atoms with Gasteiger partial charge in [-0.25, -0.2) is 0 Å². The third kappa shape index (κ3) is 4.55. The molecular formula is C28H29N3O2. The molecule has 168 valence electrons. The average Bonchev–Trinajstić information content (AvgIpc) is 2.89. The molecule has 0 aromatic heterocycles. The SMILES string of the molecule is O=C(C(=O)N1CCc2ccccc2C1)N1CCN(C(c2ccccc2)c2ccccc2)CC1. The van der Waals surface area contributed by atoms with Gasteiger partial charge in [0.2, 0.25) is 0 Å². The standard InChI is InChI=1S/C28H29N3O2/c32-27(28(33)31-16-15-22-9-7-8-14-25(22)21-31)30-19-17-29(18-20-30)26(23-10-3-1-4-11-23)24-12-5-2-6-13-24/h1-14,26H,15-21H2. The Hall–Kier alpha value is -3.44. The second-order valence-corrected chi connectivity index (χ2v) is 8.80. The Bertz CT molecular complexity index is 1070. The molecule has 0 atom stereocenters. The molecule has 0 bridgehead atoms. The van der Waals surface area contributed by atoms with Crippen molar-refractivity contribution >= 4 is 11.8 Å². The van der Waals surface area contributed by atoms with Crippen molar-refractivity contribution in [1.29, 1.82) is 0 Å². The summed E-state index contributed by atoms with van der Waals surface area (Å²) >= 11 is 0. The van der Waals surface area contributed by atoms with Crippen LogP contribution in [0.1, 0.15) is 28.3 Å². The van der Waals surface area contributed by atoms with Gasteiger partial charge in [0.1, 0.15) is 0 Å². The largest absolute Gasteiger partial charge is 0.332 e. The first-order valence-corrected chi connectivity index (χ1v) is 11.7. The number of nitrogens with zero attached hydrogens (tertiary/aromatic N) is 3. The fourth-order valence-electron chi connectivity index (χ4n) is 5.01. The van der Waals surface area contributed by atoms with Crippen LogP contribution in [-0.2, 0) is 22.6 Å². The van der Waals surface area contributed by atoms with E-state index in [-0.39, 0.29) is 17.9 Å². The summed E-state index contributed by atoms with van der Waals surface area (Å²) < 4.78 is 0. The predicted octanol–water partition coefficient (Wildman–Crippen LogP) is 3.51. The summed E-state index contributed by atoms with van der Waals surface area (Å²) in [5.41, 5.74) is 4.90. The molecule has 5 heteroatoms. The van der Waals surface area contributed by atoms with Crippen molar-refractivity contribution in [3.8, 4) is 0 Å². The molecule has 2 aliphatic rings. The van der Waals surface area contributed by atoms with E-state index in [0.717, 1.165) is 25.1 Å². The molecule has 1 fully saturated rings. The van der Waals surface area contributed by atoms with Gasteiger partial charge in [0.05, 0.1) is 6.04 Å². The molecular weight excluding hydrogens is 410 g/mol. The van der Waals surface area contributed by atoms with Crippen molar-refractivity contribution in [3.63, 3.8) is 0 Å². The molecule has 33 heavy (non-hydrogen) atoms. The van der Waals surface area contributed by atoms with E-state index in [1.54, 1.807) is 9.80 Å². The smallest absolute Gasteiger partial charge is 0.312 e. The fourth-order valence-corrected chi connectivity index (χ4v) is 5.01. The minimum atomic E-state index is -0.374. The Kier molecular flexibility index (Phi) is 6.22. The molecule has 0 aliphatic carbocycles. The van der Waals surface area contributed by atoms with E-state index in [1.807, 2.05) is 30.3 Å². The highest BCUT2D eigenvalue weighted by Crippen LogP contribution is 2.29. The van der Waals surface area contributed by atoms with E-state index < -0.39 is 0 Å². The van der Waals surface area contributed by atoms with Crippen LogP contribution in [0.25, 0.3) is 0 Å². The molecule has 0 N–H and O–H groups in total. The highest BCUT2D eigenvalue weighted by molar-refractivity contribution is 6.34. The molecule has 3 aromatic rings. The van der Waals surface area contributed by atoms with Crippen LogP contribution in [0.3, 0.4) is 0 Å². The zero-order valence-corrected chi connectivity index (χ0v) is 18.8. The van der Waals surface area contributed by atoms with Gasteiger partial charge in [-0.05, 0) is 28.7 Å². The van der Waals surface area contributed by atoms with Crippen LogP contribution in [0.5, 0.6) is 0 Å². The van der Waals surface area contributed by atoms with Crippen LogP contribution in [0, 0.1) is 0 Å². The minimum Gasteiger partial charge on any atom is -0.332 e. The number of benzene rings is 3. The lowest BCUT2D eigenvalue weighted by Gasteiger charge is -2.40. The third-order valence-electron chi connectivity index (χ3n) is 6.80. The number of amides is 2. The lowest BCUT2D eigenvalue weighted by molar-refractivity contribution is -0.153. The number of carbonyl (C=O) groups excluding carboxylic acids is 2. The van der Waals surface area contributed by atoms with Crippen molar-refractivity contribution in [3.05, 3.63) is 107 Å². The first-order chi connectivity index (χ1) is 16.2. The van der Waals surface area contributed by atoms with E-state index in [4.69, 9.17) is 0 Å². The van der Waals surface area contributed by atoms with Gasteiger partial charge in [-0.3, -0.25) is 14.5 Å². The summed E-state index contributed by atoms with van der Waals surface area (Å²) in [5, 5.41) is 0. The Morgan fingerprint density at radius 1 is 0.576 bits per heavy atom. The molecule has 2 amide bonds. The van der Waals surface area contributed by atoms with E-state index in [1.165, 1.54) is 16.7 Å². The number of carbonyl (C=O) groups is 2. The summed E-state index contributed by atoms with van der Waals surface area (Å²) in [6, 6.07) is 29.3. The first-order valence-electron chi connectivity index (χ1n) is 11.7. The molecule has 0 radical (unpaired) electrons. The maximum atomic E-state index is 13.0. The first kappa shape index (κ1) is 21.4. The molecule has 5 nitrogen and oxygen atoms in total. The molecule has 0 spiro atoms. The highest BCUT2D eigenvalue weighted by Gasteiger charge is 2.33. The lowest BCUT2D eigenvalue weighted by atomic mass is 9.96. The quantitative estimate of drug-likeness (QED) is 0.587. The van der Waals surface area contributed by atoms with E-state index in [0.29, 0.717) is 26.2 Å². The van der Waals surface area contributed by atoms with Gasteiger partial charge >= 0.3 is 11.8 Å². The fraction of sp³-hybridized carbons (Fsp3) is 0.286. The second kappa shape index (κ2) is 9.59. The summed E-state index contributed by atoms with van der Waals surface area (Å²) in [7, 11) is 0. The Labute approximate surface area is 195 Å². The van der Waals surface area contributed by atoms with Crippen molar-refractivity contribution in [2.24, 2.45) is 0 Å². The summed E-state index contributed by atoms with van der Waals surface area (Å²) in [6.07, 6.45) is 0.804. The van der Waals surface area contributed by atoms with Crippen LogP contribution in [0.4, 0.5) is 0 Å². The number of fused-ring (bicyclic) bond motifs is 1. The van der Waals surface area contributed by atoms with Crippen molar-refractivity contribution in [1.82, 2.24) is 14.7 Å². The molecule has 1 saturated heterocycles.